The molecule has 30 heavy (non-hydrogen) atoms. The number of nitro groups is 1. The molecule has 0 fully saturated rings. The Morgan fingerprint density at radius 1 is 1.10 bits per heavy atom. The fourth-order valence-electron chi connectivity index (χ4n) is 2.92. The van der Waals surface area contributed by atoms with Crippen LogP contribution in [0.2, 0.25) is 0 Å². The van der Waals surface area contributed by atoms with Crippen molar-refractivity contribution in [2.75, 3.05) is 0 Å². The molecule has 0 saturated heterocycles. The molecule has 0 spiro atoms. The molecular weight excluding hydrogens is 390 g/mol. The number of benzene rings is 2. The molecule has 2 atom stereocenters. The average Bonchev–Trinajstić information content (AvgIpc) is 3.17. The Morgan fingerprint density at radius 2 is 1.83 bits per heavy atom. The zero-order valence-corrected chi connectivity index (χ0v) is 16.2. The number of para-hydroxylation sites is 1. The molecule has 0 aliphatic rings. The Bertz CT molecular complexity index is 1140. The molecule has 154 valence electrons. The molecule has 9 heteroatoms. The second kappa shape index (κ2) is 8.56. The number of H-pyrrole nitrogens is 1. The van der Waals surface area contributed by atoms with Crippen LogP contribution in [-0.2, 0) is 9.53 Å². The highest BCUT2D eigenvalue weighted by Crippen LogP contribution is 2.20. The number of nitro benzene ring substituents is 1. The van der Waals surface area contributed by atoms with E-state index in [0.29, 0.717) is 5.56 Å². The minimum absolute atomic E-state index is 0.0340. The summed E-state index contributed by atoms with van der Waals surface area (Å²) in [6, 6.07) is 11.3. The van der Waals surface area contributed by atoms with Crippen molar-refractivity contribution >= 4 is 34.3 Å². The Balaban J connectivity index is 1.63. The lowest BCUT2D eigenvalue weighted by molar-refractivity contribution is -0.384. The lowest BCUT2D eigenvalue weighted by Gasteiger charge is -2.17. The Hall–Kier alpha value is -4.01. The Kier molecular flexibility index (Phi) is 5.91. The predicted octanol–water partition coefficient (Wildman–Crippen LogP) is 3.01. The van der Waals surface area contributed by atoms with Gasteiger partial charge in [0.05, 0.1) is 4.92 Å². The predicted molar refractivity (Wildman–Crippen MR) is 108 cm³/mol. The number of fused-ring (bicyclic) bond motifs is 1. The zero-order valence-electron chi connectivity index (χ0n) is 16.2. The molecular formula is C21H19N3O6. The van der Waals surface area contributed by atoms with Gasteiger partial charge in [0, 0.05) is 40.4 Å². The summed E-state index contributed by atoms with van der Waals surface area (Å²) < 4.78 is 5.22. The number of non-ortho nitro benzene ring substituents is 1. The Labute approximate surface area is 171 Å². The van der Waals surface area contributed by atoms with Crippen molar-refractivity contribution in [2.24, 2.45) is 0 Å². The lowest BCUT2D eigenvalue weighted by Crippen LogP contribution is -2.41. The molecule has 0 bridgehead atoms. The minimum Gasteiger partial charge on any atom is -0.453 e. The fourth-order valence-corrected chi connectivity index (χ4v) is 2.92. The van der Waals surface area contributed by atoms with Gasteiger partial charge in [-0.3, -0.25) is 19.7 Å². The second-order valence-electron chi connectivity index (χ2n) is 6.69. The Morgan fingerprint density at radius 3 is 2.57 bits per heavy atom. The maximum atomic E-state index is 12.7. The van der Waals surface area contributed by atoms with Crippen LogP contribution in [0.5, 0.6) is 0 Å². The highest BCUT2D eigenvalue weighted by Gasteiger charge is 2.26. The van der Waals surface area contributed by atoms with Gasteiger partial charge >= 0.3 is 5.97 Å². The van der Waals surface area contributed by atoms with E-state index in [1.165, 1.54) is 32.0 Å². The van der Waals surface area contributed by atoms with Crippen LogP contribution < -0.4 is 5.32 Å². The lowest BCUT2D eigenvalue weighted by atomic mass is 10.1. The molecule has 0 aliphatic heterocycles. The molecule has 1 aromatic heterocycles. The SMILES string of the molecule is C[C@H](NC(=O)c1cccc([N+](=O)[O-])c1)C(=O)O[C@H](C)C(=O)c1c[nH]c2ccccc12. The van der Waals surface area contributed by atoms with Crippen molar-refractivity contribution in [3.63, 3.8) is 0 Å². The van der Waals surface area contributed by atoms with E-state index in [1.54, 1.807) is 18.3 Å². The summed E-state index contributed by atoms with van der Waals surface area (Å²) in [5, 5.41) is 14.0. The highest BCUT2D eigenvalue weighted by atomic mass is 16.6. The van der Waals surface area contributed by atoms with Gasteiger partial charge in [0.1, 0.15) is 6.04 Å². The third-order valence-corrected chi connectivity index (χ3v) is 4.54. The largest absolute Gasteiger partial charge is 0.453 e. The number of aromatic amines is 1. The molecule has 0 aliphatic carbocycles. The first kappa shape index (κ1) is 20.7. The number of ether oxygens (including phenoxy) is 1. The van der Waals surface area contributed by atoms with Crippen LogP contribution in [0.4, 0.5) is 5.69 Å². The monoisotopic (exact) mass is 409 g/mol. The quantitative estimate of drug-likeness (QED) is 0.267. The van der Waals surface area contributed by atoms with Crippen molar-refractivity contribution < 1.29 is 24.0 Å². The number of hydrogen-bond acceptors (Lipinski definition) is 6. The number of nitrogens with one attached hydrogen (secondary N) is 2. The van der Waals surface area contributed by atoms with E-state index < -0.39 is 28.9 Å². The van der Waals surface area contributed by atoms with Gasteiger partial charge in [-0.05, 0) is 26.0 Å². The number of amides is 1. The van der Waals surface area contributed by atoms with Crippen LogP contribution >= 0.6 is 0 Å². The molecule has 1 heterocycles. The molecule has 0 unspecified atom stereocenters. The highest BCUT2D eigenvalue weighted by molar-refractivity contribution is 6.10. The number of esters is 1. The molecule has 2 N–H and O–H groups in total. The molecule has 1 amide bonds. The van der Waals surface area contributed by atoms with Gasteiger partial charge in [0.2, 0.25) is 5.78 Å². The molecule has 2 aromatic carbocycles. The van der Waals surface area contributed by atoms with Crippen LogP contribution in [0.3, 0.4) is 0 Å². The first-order valence-electron chi connectivity index (χ1n) is 9.14. The number of carbonyl (C=O) groups excluding carboxylic acids is 3. The standard InChI is InChI=1S/C21H19N3O6/c1-12(23-20(26)14-6-5-7-15(10-14)24(28)29)21(27)30-13(2)19(25)17-11-22-18-9-4-3-8-16(17)18/h3-13,22H,1-2H3,(H,23,26)/t12-,13+/m0/s1. The normalized spacial score (nSPS) is 12.7. The van der Waals surface area contributed by atoms with Crippen LogP contribution in [0.15, 0.2) is 54.7 Å². The molecule has 3 rings (SSSR count). The van der Waals surface area contributed by atoms with E-state index in [-0.39, 0.29) is 17.0 Å². The van der Waals surface area contributed by atoms with Crippen LogP contribution in [0.25, 0.3) is 10.9 Å². The summed E-state index contributed by atoms with van der Waals surface area (Å²) in [4.78, 5) is 50.5. The summed E-state index contributed by atoms with van der Waals surface area (Å²) in [6.45, 7) is 2.86. The first-order valence-corrected chi connectivity index (χ1v) is 9.14. The summed E-state index contributed by atoms with van der Waals surface area (Å²) in [5.74, 6) is -1.84. The van der Waals surface area contributed by atoms with E-state index in [1.807, 2.05) is 12.1 Å². The zero-order chi connectivity index (χ0) is 21.8. The van der Waals surface area contributed by atoms with E-state index >= 15 is 0 Å². The van der Waals surface area contributed by atoms with Gasteiger partial charge in [-0.1, -0.05) is 24.3 Å². The van der Waals surface area contributed by atoms with E-state index in [2.05, 4.69) is 10.3 Å². The summed E-state index contributed by atoms with van der Waals surface area (Å²) in [6.07, 6.45) is 0.499. The average molecular weight is 409 g/mol. The van der Waals surface area contributed by atoms with Crippen molar-refractivity contribution in [1.29, 1.82) is 0 Å². The van der Waals surface area contributed by atoms with Gasteiger partial charge in [-0.25, -0.2) is 4.79 Å². The molecule has 9 nitrogen and oxygen atoms in total. The number of carbonyl (C=O) groups is 3. The number of Topliss-reactive ketones (excluding diaryl/α,β-unsaturated/α-hetero) is 1. The third kappa shape index (κ3) is 4.35. The number of aromatic nitrogens is 1. The van der Waals surface area contributed by atoms with Gasteiger partial charge < -0.3 is 15.0 Å². The summed E-state index contributed by atoms with van der Waals surface area (Å²) in [5.41, 5.74) is 0.985. The van der Waals surface area contributed by atoms with Gasteiger partial charge in [0.15, 0.2) is 6.10 Å². The van der Waals surface area contributed by atoms with Crippen LogP contribution in [0, 0.1) is 10.1 Å². The van der Waals surface area contributed by atoms with Gasteiger partial charge in [-0.15, -0.1) is 0 Å². The number of nitrogens with zero attached hydrogens (tertiary/aromatic N) is 1. The topological polar surface area (TPSA) is 131 Å². The van der Waals surface area contributed by atoms with E-state index in [4.69, 9.17) is 4.74 Å². The third-order valence-electron chi connectivity index (χ3n) is 4.54. The number of ketones is 1. The first-order chi connectivity index (χ1) is 14.3. The number of rotatable bonds is 7. The second-order valence-corrected chi connectivity index (χ2v) is 6.69. The number of hydrogen-bond donors (Lipinski definition) is 2. The van der Waals surface area contributed by atoms with Crippen molar-refractivity contribution in [2.45, 2.75) is 26.0 Å². The van der Waals surface area contributed by atoms with Crippen molar-refractivity contribution in [3.8, 4) is 0 Å². The van der Waals surface area contributed by atoms with E-state index in [0.717, 1.165) is 17.0 Å². The molecule has 0 radical (unpaired) electrons. The molecule has 3 aromatic rings. The maximum absolute atomic E-state index is 12.7. The van der Waals surface area contributed by atoms with Gasteiger partial charge in [-0.2, -0.15) is 0 Å². The van der Waals surface area contributed by atoms with Crippen molar-refractivity contribution in [3.05, 3.63) is 76.0 Å². The fraction of sp³-hybridized carbons (Fsp3) is 0.190. The maximum Gasteiger partial charge on any atom is 0.329 e. The summed E-state index contributed by atoms with van der Waals surface area (Å²) >= 11 is 0. The van der Waals surface area contributed by atoms with Crippen LogP contribution in [0.1, 0.15) is 34.6 Å². The summed E-state index contributed by atoms with van der Waals surface area (Å²) in [7, 11) is 0. The minimum atomic E-state index is -1.06. The van der Waals surface area contributed by atoms with Gasteiger partial charge in [0.25, 0.3) is 11.6 Å². The van der Waals surface area contributed by atoms with Crippen molar-refractivity contribution in [1.82, 2.24) is 10.3 Å². The van der Waals surface area contributed by atoms with E-state index in [9.17, 15) is 24.5 Å². The molecule has 0 saturated carbocycles. The van der Waals surface area contributed by atoms with Crippen LogP contribution in [-0.4, -0.2) is 39.7 Å². The smallest absolute Gasteiger partial charge is 0.329 e.